The Balaban J connectivity index is 2.13. The summed E-state index contributed by atoms with van der Waals surface area (Å²) in [5.41, 5.74) is 0.758. The highest BCUT2D eigenvalue weighted by atomic mass is 32.2. The molecule has 0 aromatic carbocycles. The standard InChI is InChI=1S/C9H16N5O2S/c1-8-7-9(13(2)11-8)12-17(15,16)14-5-3-10-4-6-14/h7,10H,3-6H2,1-2H3/q-1/p+1. The number of quaternary nitrogens is 1. The number of aryl methyl sites for hydroxylation is 2. The summed E-state index contributed by atoms with van der Waals surface area (Å²) in [4.78, 5) is 0. The van der Waals surface area contributed by atoms with E-state index < -0.39 is 10.2 Å². The van der Waals surface area contributed by atoms with Crippen molar-refractivity contribution in [1.82, 2.24) is 14.1 Å². The van der Waals surface area contributed by atoms with E-state index in [4.69, 9.17) is 0 Å². The maximum atomic E-state index is 12.0. The second-order valence-corrected chi connectivity index (χ2v) is 5.70. The van der Waals surface area contributed by atoms with Gasteiger partial charge in [-0.2, -0.15) is 4.31 Å². The Morgan fingerprint density at radius 2 is 2.06 bits per heavy atom. The van der Waals surface area contributed by atoms with Crippen LogP contribution in [0.3, 0.4) is 0 Å². The van der Waals surface area contributed by atoms with Gasteiger partial charge in [-0.3, -0.25) is 5.10 Å². The van der Waals surface area contributed by atoms with Crippen molar-refractivity contribution < 1.29 is 13.7 Å². The highest BCUT2D eigenvalue weighted by molar-refractivity contribution is 7.92. The molecule has 1 saturated heterocycles. The van der Waals surface area contributed by atoms with Crippen molar-refractivity contribution in [2.75, 3.05) is 26.2 Å². The monoisotopic (exact) mass is 259 g/mol. The van der Waals surface area contributed by atoms with E-state index >= 15 is 0 Å². The number of nitrogens with zero attached hydrogens (tertiary/aromatic N) is 4. The molecule has 0 aliphatic carbocycles. The first-order chi connectivity index (χ1) is 7.99. The van der Waals surface area contributed by atoms with Crippen molar-refractivity contribution in [3.05, 3.63) is 16.5 Å². The second-order valence-electron chi connectivity index (χ2n) is 4.10. The number of nitrogens with two attached hydrogens (primary N) is 1. The van der Waals surface area contributed by atoms with Crippen molar-refractivity contribution in [3.8, 4) is 0 Å². The van der Waals surface area contributed by atoms with Crippen molar-refractivity contribution in [3.63, 3.8) is 0 Å². The highest BCUT2D eigenvalue weighted by Gasteiger charge is 2.22. The first-order valence-electron chi connectivity index (χ1n) is 5.54. The Labute approximate surface area is 101 Å². The van der Waals surface area contributed by atoms with Crippen LogP contribution in [0, 0.1) is 6.92 Å². The number of aromatic nitrogens is 2. The molecule has 0 saturated carbocycles. The summed E-state index contributed by atoms with van der Waals surface area (Å²) >= 11 is 0. The Hall–Kier alpha value is -1.12. The van der Waals surface area contributed by atoms with Crippen LogP contribution in [0.1, 0.15) is 5.69 Å². The number of hydrogen-bond acceptors (Lipinski definition) is 3. The molecule has 2 rings (SSSR count). The molecule has 96 valence electrons. The lowest BCUT2D eigenvalue weighted by atomic mass is 10.4. The maximum absolute atomic E-state index is 12.0. The fraction of sp³-hybridized carbons (Fsp3) is 0.667. The van der Waals surface area contributed by atoms with Gasteiger partial charge in [-0.1, -0.05) is 0 Å². The smallest absolute Gasteiger partial charge is 0.240 e. The summed E-state index contributed by atoms with van der Waals surface area (Å²) in [6.45, 7) is 4.42. The van der Waals surface area contributed by atoms with Crippen molar-refractivity contribution >= 4 is 16.0 Å². The third-order valence-corrected chi connectivity index (χ3v) is 4.11. The predicted molar refractivity (Wildman–Crippen MR) is 63.1 cm³/mol. The lowest BCUT2D eigenvalue weighted by molar-refractivity contribution is -0.661. The second kappa shape index (κ2) is 4.63. The van der Waals surface area contributed by atoms with Gasteiger partial charge in [-0.25, -0.2) is 8.42 Å². The van der Waals surface area contributed by atoms with Crippen LogP contribution in [0.5, 0.6) is 0 Å². The van der Waals surface area contributed by atoms with Crippen LogP contribution in [0.25, 0.3) is 4.72 Å². The molecule has 2 N–H and O–H groups in total. The SMILES string of the molecule is Cc1cc([N-]S(=O)(=O)N2CC[NH2+]CC2)n(C)n1. The molecular formula is C9H17N5O2S. The molecule has 1 aromatic heterocycles. The predicted octanol–water partition coefficient (Wildman–Crippen LogP) is -1.14. The van der Waals surface area contributed by atoms with Crippen LogP contribution >= 0.6 is 0 Å². The van der Waals surface area contributed by atoms with Crippen molar-refractivity contribution in [2.45, 2.75) is 6.92 Å². The molecule has 0 unspecified atom stereocenters. The molecule has 0 spiro atoms. The first-order valence-corrected chi connectivity index (χ1v) is 6.94. The zero-order valence-corrected chi connectivity index (χ0v) is 10.8. The van der Waals surface area contributed by atoms with E-state index in [1.807, 2.05) is 6.92 Å². The van der Waals surface area contributed by atoms with Gasteiger partial charge in [0.25, 0.3) is 0 Å². The topological polar surface area (TPSA) is 85.9 Å². The van der Waals surface area contributed by atoms with Crippen LogP contribution in [0.15, 0.2) is 6.07 Å². The van der Waals surface area contributed by atoms with Crippen LogP contribution < -0.4 is 5.32 Å². The molecule has 1 aliphatic heterocycles. The van der Waals surface area contributed by atoms with E-state index in [1.165, 1.54) is 8.99 Å². The highest BCUT2D eigenvalue weighted by Crippen LogP contribution is 2.24. The molecule has 17 heavy (non-hydrogen) atoms. The summed E-state index contributed by atoms with van der Waals surface area (Å²) in [7, 11) is -1.88. The van der Waals surface area contributed by atoms with E-state index in [1.54, 1.807) is 13.1 Å². The molecule has 0 atom stereocenters. The average Bonchev–Trinajstić information content (AvgIpc) is 2.58. The summed E-state index contributed by atoms with van der Waals surface area (Å²) in [6.07, 6.45) is 0. The Morgan fingerprint density at radius 1 is 1.41 bits per heavy atom. The maximum Gasteiger partial charge on any atom is 0.240 e. The lowest BCUT2D eigenvalue weighted by Gasteiger charge is -2.28. The number of rotatable bonds is 3. The fourth-order valence-corrected chi connectivity index (χ4v) is 3.01. The van der Waals surface area contributed by atoms with Gasteiger partial charge in [0.15, 0.2) is 0 Å². The van der Waals surface area contributed by atoms with Crippen LogP contribution in [-0.2, 0) is 17.3 Å². The molecule has 2 heterocycles. The zero-order chi connectivity index (χ0) is 12.5. The van der Waals surface area contributed by atoms with Gasteiger partial charge in [0.05, 0.1) is 26.2 Å². The van der Waals surface area contributed by atoms with Gasteiger partial charge in [0, 0.05) is 5.69 Å². The quantitative estimate of drug-likeness (QED) is 0.744. The van der Waals surface area contributed by atoms with Gasteiger partial charge in [-0.05, 0) is 25.9 Å². The van der Waals surface area contributed by atoms with E-state index in [9.17, 15) is 8.42 Å². The molecule has 1 fully saturated rings. The molecule has 8 heteroatoms. The molecule has 0 radical (unpaired) electrons. The van der Waals surface area contributed by atoms with Crippen LogP contribution in [0.4, 0.5) is 5.82 Å². The van der Waals surface area contributed by atoms with E-state index in [0.717, 1.165) is 18.8 Å². The average molecular weight is 259 g/mol. The van der Waals surface area contributed by atoms with Gasteiger partial charge >= 0.3 is 0 Å². The largest absolute Gasteiger partial charge is 0.380 e. The van der Waals surface area contributed by atoms with Crippen molar-refractivity contribution in [2.24, 2.45) is 7.05 Å². The third kappa shape index (κ3) is 2.76. The van der Waals surface area contributed by atoms with Crippen LogP contribution in [0.2, 0.25) is 0 Å². The van der Waals surface area contributed by atoms with E-state index in [-0.39, 0.29) is 0 Å². The summed E-state index contributed by atoms with van der Waals surface area (Å²) < 4.78 is 30.7. The Morgan fingerprint density at radius 3 is 2.59 bits per heavy atom. The number of piperazine rings is 1. The molecule has 0 amide bonds. The molecular weight excluding hydrogens is 242 g/mol. The van der Waals surface area contributed by atoms with Crippen LogP contribution in [-0.4, -0.2) is 48.7 Å². The normalized spacial score (nSPS) is 18.2. The Bertz CT molecular complexity index is 489. The number of hydrogen-bond donors (Lipinski definition) is 1. The summed E-state index contributed by atoms with van der Waals surface area (Å²) in [5, 5.41) is 6.17. The van der Waals surface area contributed by atoms with Gasteiger partial charge in [-0.15, -0.1) is 0 Å². The minimum absolute atomic E-state index is 0.372. The molecule has 0 bridgehead atoms. The summed E-state index contributed by atoms with van der Waals surface area (Å²) in [5.74, 6) is 0.372. The van der Waals surface area contributed by atoms with E-state index in [2.05, 4.69) is 15.1 Å². The van der Waals surface area contributed by atoms with Gasteiger partial charge in [0.1, 0.15) is 0 Å². The lowest BCUT2D eigenvalue weighted by Crippen LogP contribution is -2.89. The fourth-order valence-electron chi connectivity index (χ4n) is 1.82. The molecule has 7 nitrogen and oxygen atoms in total. The summed E-state index contributed by atoms with van der Waals surface area (Å²) in [6, 6.07) is 1.66. The Kier molecular flexibility index (Phi) is 3.36. The van der Waals surface area contributed by atoms with Gasteiger partial charge in [0.2, 0.25) is 10.2 Å². The van der Waals surface area contributed by atoms with Crippen molar-refractivity contribution in [1.29, 1.82) is 0 Å². The minimum atomic E-state index is -3.57. The first kappa shape index (κ1) is 12.3. The molecule has 1 aliphatic rings. The molecule has 1 aromatic rings. The zero-order valence-electron chi connectivity index (χ0n) is 10.00. The van der Waals surface area contributed by atoms with Gasteiger partial charge < -0.3 is 14.7 Å². The minimum Gasteiger partial charge on any atom is -0.380 e. The third-order valence-electron chi connectivity index (χ3n) is 2.68. The van der Waals surface area contributed by atoms with E-state index in [0.29, 0.717) is 18.9 Å².